The molecule has 0 aliphatic rings. The quantitative estimate of drug-likeness (QED) is 0.342. The summed E-state index contributed by atoms with van der Waals surface area (Å²) in [6.45, 7) is 0. The molecule has 0 N–H and O–H groups in total. The first kappa shape index (κ1) is 20.2. The summed E-state index contributed by atoms with van der Waals surface area (Å²) in [7, 11) is 0. The molecule has 0 spiro atoms. The maximum absolute atomic E-state index is 13.8. The van der Waals surface area contributed by atoms with E-state index in [0.717, 1.165) is 9.64 Å². The van der Waals surface area contributed by atoms with Crippen molar-refractivity contribution in [2.45, 2.75) is 0 Å². The Morgan fingerprint density at radius 1 is 1.17 bits per heavy atom. The maximum Gasteiger partial charge on any atom is 0.266 e. The number of hydrogen-bond acceptors (Lipinski definition) is 4. The van der Waals surface area contributed by atoms with E-state index < -0.39 is 11.4 Å². The van der Waals surface area contributed by atoms with Gasteiger partial charge in [-0.05, 0) is 83.3 Å². The highest BCUT2D eigenvalue weighted by molar-refractivity contribution is 14.1. The van der Waals surface area contributed by atoms with Gasteiger partial charge in [0.15, 0.2) is 0 Å². The van der Waals surface area contributed by atoms with Crippen molar-refractivity contribution in [3.05, 3.63) is 96.6 Å². The Kier molecular flexibility index (Phi) is 5.61. The van der Waals surface area contributed by atoms with Gasteiger partial charge in [-0.15, -0.1) is 0 Å². The number of benzene rings is 2. The van der Waals surface area contributed by atoms with Gasteiger partial charge in [0.1, 0.15) is 17.7 Å². The molecule has 4 aromatic rings. The van der Waals surface area contributed by atoms with E-state index in [1.807, 2.05) is 6.07 Å². The summed E-state index contributed by atoms with van der Waals surface area (Å²) >= 11 is 8.53. The van der Waals surface area contributed by atoms with Crippen LogP contribution in [0.25, 0.3) is 28.7 Å². The van der Waals surface area contributed by atoms with Crippen molar-refractivity contribution in [1.82, 2.24) is 14.5 Å². The van der Waals surface area contributed by atoms with Crippen LogP contribution in [0.4, 0.5) is 4.39 Å². The van der Waals surface area contributed by atoms with Crippen molar-refractivity contribution in [1.29, 1.82) is 5.26 Å². The molecule has 0 aliphatic carbocycles. The van der Waals surface area contributed by atoms with E-state index in [9.17, 15) is 14.4 Å². The average Bonchev–Trinajstić information content (AvgIpc) is 2.74. The van der Waals surface area contributed by atoms with Crippen LogP contribution >= 0.6 is 34.2 Å². The molecule has 0 saturated heterocycles. The van der Waals surface area contributed by atoms with Crippen LogP contribution in [0.5, 0.6) is 0 Å². The topological polar surface area (TPSA) is 71.6 Å². The number of aromatic nitrogens is 3. The van der Waals surface area contributed by atoms with E-state index in [-0.39, 0.29) is 11.2 Å². The Balaban J connectivity index is 2.00. The van der Waals surface area contributed by atoms with Crippen molar-refractivity contribution in [2.24, 2.45) is 0 Å². The predicted octanol–water partition coefficient (Wildman–Crippen LogP) is 5.22. The fourth-order valence-corrected chi connectivity index (χ4v) is 3.92. The smallest absolute Gasteiger partial charge is 0.266 e. The zero-order valence-electron chi connectivity index (χ0n) is 15.2. The van der Waals surface area contributed by atoms with Crippen molar-refractivity contribution < 1.29 is 4.39 Å². The molecule has 0 aliphatic heterocycles. The summed E-state index contributed by atoms with van der Waals surface area (Å²) in [6.07, 6.45) is 4.76. The fourth-order valence-electron chi connectivity index (χ4n) is 2.98. The van der Waals surface area contributed by atoms with E-state index in [1.54, 1.807) is 42.6 Å². The van der Waals surface area contributed by atoms with Gasteiger partial charge in [-0.1, -0.05) is 11.6 Å². The molecular weight excluding hydrogens is 518 g/mol. The van der Waals surface area contributed by atoms with Crippen molar-refractivity contribution in [2.75, 3.05) is 0 Å². The number of nitriles is 1. The third-order valence-electron chi connectivity index (χ3n) is 4.36. The average molecular weight is 529 g/mol. The molecule has 0 saturated carbocycles. The molecule has 2 heterocycles. The van der Waals surface area contributed by atoms with Gasteiger partial charge in [0.2, 0.25) is 0 Å². The number of fused-ring (bicyclic) bond motifs is 1. The van der Waals surface area contributed by atoms with Gasteiger partial charge in [-0.2, -0.15) is 5.26 Å². The van der Waals surface area contributed by atoms with E-state index in [2.05, 4.69) is 38.6 Å². The Morgan fingerprint density at radius 3 is 2.77 bits per heavy atom. The molecule has 0 unspecified atom stereocenters. The van der Waals surface area contributed by atoms with Crippen LogP contribution in [0.2, 0.25) is 5.02 Å². The summed E-state index contributed by atoms with van der Waals surface area (Å²) in [5.41, 5.74) is 1.14. The second kappa shape index (κ2) is 8.34. The molecule has 146 valence electrons. The second-order valence-corrected chi connectivity index (χ2v) is 7.90. The van der Waals surface area contributed by atoms with Gasteiger partial charge in [-0.25, -0.2) is 9.37 Å². The molecule has 30 heavy (non-hydrogen) atoms. The maximum atomic E-state index is 13.8. The standard InChI is InChI=1S/C22H11ClFIN4O/c23-17-11-15(25)4-7-20(17)29-21(8-6-18-13(12-26)2-1-9-27-18)28-19-5-3-14(24)10-16(19)22(29)30/h1-11H. The van der Waals surface area contributed by atoms with Gasteiger partial charge < -0.3 is 0 Å². The van der Waals surface area contributed by atoms with E-state index in [0.29, 0.717) is 27.5 Å². The molecule has 4 rings (SSSR count). The highest BCUT2D eigenvalue weighted by Gasteiger charge is 2.15. The monoisotopic (exact) mass is 528 g/mol. The molecule has 0 fully saturated rings. The summed E-state index contributed by atoms with van der Waals surface area (Å²) in [4.78, 5) is 22.0. The van der Waals surface area contributed by atoms with Gasteiger partial charge in [-0.3, -0.25) is 14.3 Å². The van der Waals surface area contributed by atoms with Crippen LogP contribution in [0.3, 0.4) is 0 Å². The van der Waals surface area contributed by atoms with Gasteiger partial charge >= 0.3 is 0 Å². The number of rotatable bonds is 3. The Bertz CT molecular complexity index is 1430. The Labute approximate surface area is 189 Å². The lowest BCUT2D eigenvalue weighted by molar-refractivity contribution is 0.629. The van der Waals surface area contributed by atoms with Crippen molar-refractivity contribution in [3.63, 3.8) is 0 Å². The first-order valence-electron chi connectivity index (χ1n) is 8.69. The highest BCUT2D eigenvalue weighted by atomic mass is 127. The lowest BCUT2D eigenvalue weighted by atomic mass is 10.2. The van der Waals surface area contributed by atoms with Crippen LogP contribution in [-0.4, -0.2) is 14.5 Å². The van der Waals surface area contributed by atoms with Gasteiger partial charge in [0.05, 0.1) is 32.9 Å². The SMILES string of the molecule is N#Cc1cccnc1C=Cc1nc2ccc(F)cc2c(=O)n1-c1ccc(I)cc1Cl. The molecule has 5 nitrogen and oxygen atoms in total. The molecule has 0 bridgehead atoms. The van der Waals surface area contributed by atoms with Crippen LogP contribution in [0.1, 0.15) is 17.1 Å². The minimum atomic E-state index is -0.530. The number of hydrogen-bond donors (Lipinski definition) is 0. The van der Waals surface area contributed by atoms with Crippen LogP contribution in [0, 0.1) is 20.7 Å². The largest absolute Gasteiger partial charge is 0.268 e. The zero-order valence-corrected chi connectivity index (χ0v) is 18.1. The van der Waals surface area contributed by atoms with E-state index in [1.165, 1.54) is 16.7 Å². The van der Waals surface area contributed by atoms with E-state index >= 15 is 0 Å². The first-order chi connectivity index (χ1) is 14.5. The summed E-state index contributed by atoms with van der Waals surface area (Å²) in [6, 6.07) is 14.5. The zero-order chi connectivity index (χ0) is 21.3. The van der Waals surface area contributed by atoms with Crippen LogP contribution in [0.15, 0.2) is 59.5 Å². The molecule has 0 radical (unpaired) electrons. The van der Waals surface area contributed by atoms with Gasteiger partial charge in [0.25, 0.3) is 5.56 Å². The number of pyridine rings is 1. The lowest BCUT2D eigenvalue weighted by Crippen LogP contribution is -2.22. The second-order valence-electron chi connectivity index (χ2n) is 6.25. The third-order valence-corrected chi connectivity index (χ3v) is 5.33. The Morgan fingerprint density at radius 2 is 2.00 bits per heavy atom. The minimum Gasteiger partial charge on any atom is -0.268 e. The molecule has 0 amide bonds. The van der Waals surface area contributed by atoms with Crippen LogP contribution in [-0.2, 0) is 0 Å². The number of halogens is 3. The number of nitrogens with zero attached hydrogens (tertiary/aromatic N) is 4. The fraction of sp³-hybridized carbons (Fsp3) is 0. The minimum absolute atomic E-state index is 0.136. The molecular formula is C22H11ClFIN4O. The molecule has 2 aromatic carbocycles. The van der Waals surface area contributed by atoms with E-state index in [4.69, 9.17) is 11.6 Å². The van der Waals surface area contributed by atoms with Crippen LogP contribution < -0.4 is 5.56 Å². The summed E-state index contributed by atoms with van der Waals surface area (Å²) in [5.74, 6) is -0.256. The summed E-state index contributed by atoms with van der Waals surface area (Å²) in [5, 5.41) is 9.76. The Hall–Kier alpha value is -3.09. The molecule has 2 aromatic heterocycles. The first-order valence-corrected chi connectivity index (χ1v) is 10.1. The summed E-state index contributed by atoms with van der Waals surface area (Å²) < 4.78 is 16.0. The highest BCUT2D eigenvalue weighted by Crippen LogP contribution is 2.24. The molecule has 0 atom stereocenters. The third kappa shape index (κ3) is 3.84. The van der Waals surface area contributed by atoms with Crippen molar-refractivity contribution in [3.8, 4) is 11.8 Å². The molecule has 8 heteroatoms. The van der Waals surface area contributed by atoms with Gasteiger partial charge in [0, 0.05) is 9.77 Å². The predicted molar refractivity (Wildman–Crippen MR) is 123 cm³/mol. The van der Waals surface area contributed by atoms with Crippen molar-refractivity contribution >= 4 is 57.2 Å². The normalized spacial score (nSPS) is 11.1. The lowest BCUT2D eigenvalue weighted by Gasteiger charge is -2.13.